The maximum Gasteiger partial charge on any atom is 0.500 e. The second-order valence-electron chi connectivity index (χ2n) is 2.41. The highest BCUT2D eigenvalue weighted by atomic mass is 28.4. The fraction of sp³-hybridized carbons (Fsp3) is 1.00. The Bertz CT molecular complexity index is 140. The summed E-state index contributed by atoms with van der Waals surface area (Å²) in [4.78, 5) is 0. The van der Waals surface area contributed by atoms with E-state index in [0.717, 1.165) is 0 Å². The van der Waals surface area contributed by atoms with Crippen LogP contribution in [0.4, 0.5) is 13.2 Å². The first-order valence-electron chi connectivity index (χ1n) is 4.61. The fourth-order valence-corrected chi connectivity index (χ4v) is 2.55. The molecule has 15 heavy (non-hydrogen) atoms. The van der Waals surface area contributed by atoms with E-state index in [2.05, 4.69) is 0 Å². The van der Waals surface area contributed by atoms with E-state index in [1.165, 1.54) is 21.3 Å². The fourth-order valence-electron chi connectivity index (χ4n) is 0.851. The van der Waals surface area contributed by atoms with Crippen molar-refractivity contribution >= 4 is 8.80 Å². The Balaban J connectivity index is 0. The van der Waals surface area contributed by atoms with Gasteiger partial charge in [-0.3, -0.25) is 0 Å². The molecule has 0 rings (SSSR count). The molecule has 0 radical (unpaired) electrons. The molecule has 0 spiro atoms. The van der Waals surface area contributed by atoms with Crippen molar-refractivity contribution in [1.82, 2.24) is 0 Å². The second-order valence-corrected chi connectivity index (χ2v) is 5.50. The lowest BCUT2D eigenvalue weighted by atomic mass is 10.5. The lowest BCUT2D eigenvalue weighted by molar-refractivity contribution is -0.132. The Hall–Kier alpha value is -0.113. The van der Waals surface area contributed by atoms with Gasteiger partial charge < -0.3 is 13.3 Å². The van der Waals surface area contributed by atoms with Crippen molar-refractivity contribution in [1.29, 1.82) is 0 Å². The van der Waals surface area contributed by atoms with Crippen molar-refractivity contribution in [3.63, 3.8) is 0 Å². The van der Waals surface area contributed by atoms with E-state index in [9.17, 15) is 13.2 Å². The molecule has 0 bridgehead atoms. The molecule has 0 aliphatic rings. The summed E-state index contributed by atoms with van der Waals surface area (Å²) in [6.07, 6.45) is -5.15. The van der Waals surface area contributed by atoms with Gasteiger partial charge in [-0.25, -0.2) is 0 Å². The number of alkyl halides is 3. The Morgan fingerprint density at radius 3 is 1.47 bits per heavy atom. The average Bonchev–Trinajstić information content (AvgIpc) is 2.22. The first-order chi connectivity index (χ1) is 6.89. The lowest BCUT2D eigenvalue weighted by Crippen LogP contribution is -2.43. The minimum atomic E-state index is -4.20. The summed E-state index contributed by atoms with van der Waals surface area (Å²) < 4.78 is 50.0. The van der Waals surface area contributed by atoms with E-state index in [1.54, 1.807) is 0 Å². The topological polar surface area (TPSA) is 27.7 Å². The van der Waals surface area contributed by atoms with Gasteiger partial charge in [0.25, 0.3) is 0 Å². The molecule has 0 fully saturated rings. The zero-order valence-corrected chi connectivity index (χ0v) is 10.8. The van der Waals surface area contributed by atoms with Crippen LogP contribution in [-0.4, -0.2) is 36.3 Å². The Labute approximate surface area is 89.9 Å². The molecule has 0 amide bonds. The van der Waals surface area contributed by atoms with Crippen LogP contribution in [0.5, 0.6) is 0 Å². The molecule has 0 aromatic rings. The van der Waals surface area contributed by atoms with Crippen LogP contribution in [0, 0.1) is 0 Å². The van der Waals surface area contributed by atoms with Gasteiger partial charge in [0.15, 0.2) is 0 Å². The van der Waals surface area contributed by atoms with Gasteiger partial charge in [0.05, 0.1) is 0 Å². The molecule has 0 aromatic carbocycles. The van der Waals surface area contributed by atoms with Crippen molar-refractivity contribution in [2.24, 2.45) is 0 Å². The first-order valence-corrected chi connectivity index (χ1v) is 6.54. The van der Waals surface area contributed by atoms with Crippen LogP contribution in [0.2, 0.25) is 6.04 Å². The normalized spacial score (nSPS) is 12.0. The zero-order valence-electron chi connectivity index (χ0n) is 9.77. The third-order valence-electron chi connectivity index (χ3n) is 1.65. The van der Waals surface area contributed by atoms with Gasteiger partial charge in [0.2, 0.25) is 0 Å². The van der Waals surface area contributed by atoms with Crippen molar-refractivity contribution in [2.75, 3.05) is 21.3 Å². The summed E-state index contributed by atoms with van der Waals surface area (Å²) in [6, 6.07) is -0.250. The Morgan fingerprint density at radius 2 is 1.27 bits per heavy atom. The minimum absolute atomic E-state index is 0.250. The smallest absolute Gasteiger partial charge is 0.377 e. The second kappa shape index (κ2) is 8.09. The standard InChI is InChI=1S/C6H13F3O3Si.C2H6/c1-10-13(11-2,12-3)5-4-6(7,8)9;1-2/h4-5H2,1-3H3;1-2H3. The molecule has 7 heteroatoms. The summed E-state index contributed by atoms with van der Waals surface area (Å²) >= 11 is 0. The van der Waals surface area contributed by atoms with E-state index in [4.69, 9.17) is 13.3 Å². The van der Waals surface area contributed by atoms with Gasteiger partial charge in [-0.2, -0.15) is 13.2 Å². The van der Waals surface area contributed by atoms with Crippen LogP contribution >= 0.6 is 0 Å². The van der Waals surface area contributed by atoms with E-state index in [-0.39, 0.29) is 6.04 Å². The quantitative estimate of drug-likeness (QED) is 0.700. The van der Waals surface area contributed by atoms with Gasteiger partial charge in [-0.05, 0) is 0 Å². The molecular formula is C8H19F3O3Si. The van der Waals surface area contributed by atoms with E-state index in [1.807, 2.05) is 13.8 Å². The molecular weight excluding hydrogens is 229 g/mol. The van der Waals surface area contributed by atoms with Crippen molar-refractivity contribution in [3.05, 3.63) is 0 Å². The molecule has 0 atom stereocenters. The number of halogens is 3. The average molecular weight is 248 g/mol. The number of hydrogen-bond acceptors (Lipinski definition) is 3. The molecule has 0 N–H and O–H groups in total. The van der Waals surface area contributed by atoms with E-state index < -0.39 is 21.4 Å². The van der Waals surface area contributed by atoms with Crippen molar-refractivity contribution in [2.45, 2.75) is 32.5 Å². The Kier molecular flexibility index (Phi) is 9.32. The van der Waals surface area contributed by atoms with Gasteiger partial charge >= 0.3 is 15.0 Å². The highest BCUT2D eigenvalue weighted by Crippen LogP contribution is 2.26. The number of rotatable bonds is 5. The Morgan fingerprint density at radius 1 is 0.933 bits per heavy atom. The van der Waals surface area contributed by atoms with E-state index >= 15 is 0 Å². The van der Waals surface area contributed by atoms with Gasteiger partial charge in [0.1, 0.15) is 0 Å². The third kappa shape index (κ3) is 7.77. The van der Waals surface area contributed by atoms with Crippen molar-refractivity contribution < 1.29 is 26.4 Å². The largest absolute Gasteiger partial charge is 0.500 e. The molecule has 0 saturated heterocycles. The molecule has 3 nitrogen and oxygen atoms in total. The predicted octanol–water partition coefficient (Wildman–Crippen LogP) is 2.84. The zero-order chi connectivity index (χ0) is 12.5. The maximum atomic E-state index is 11.9. The van der Waals surface area contributed by atoms with Crippen LogP contribution in [-0.2, 0) is 13.3 Å². The van der Waals surface area contributed by atoms with Crippen LogP contribution < -0.4 is 0 Å². The monoisotopic (exact) mass is 248 g/mol. The summed E-state index contributed by atoms with van der Waals surface area (Å²) in [5.74, 6) is 0. The van der Waals surface area contributed by atoms with Gasteiger partial charge in [0, 0.05) is 33.8 Å². The van der Waals surface area contributed by atoms with Crippen molar-refractivity contribution in [3.8, 4) is 0 Å². The van der Waals surface area contributed by atoms with Crippen LogP contribution in [0.1, 0.15) is 20.3 Å². The van der Waals surface area contributed by atoms with Crippen LogP contribution in [0.15, 0.2) is 0 Å². The number of hydrogen-bond donors (Lipinski definition) is 0. The summed E-state index contributed by atoms with van der Waals surface area (Å²) in [7, 11) is 0.815. The predicted molar refractivity (Wildman–Crippen MR) is 53.6 cm³/mol. The minimum Gasteiger partial charge on any atom is -0.377 e. The van der Waals surface area contributed by atoms with Crippen LogP contribution in [0.3, 0.4) is 0 Å². The SMILES string of the molecule is CC.CO[Si](CCC(F)(F)F)(OC)OC. The molecule has 0 aliphatic heterocycles. The highest BCUT2D eigenvalue weighted by Gasteiger charge is 2.42. The van der Waals surface area contributed by atoms with Gasteiger partial charge in [-0.1, -0.05) is 13.8 Å². The molecule has 0 aliphatic carbocycles. The first kappa shape index (κ1) is 17.3. The maximum absolute atomic E-state index is 11.9. The summed E-state index contributed by atoms with van der Waals surface area (Å²) in [5.41, 5.74) is 0. The summed E-state index contributed by atoms with van der Waals surface area (Å²) in [5, 5.41) is 0. The molecule has 94 valence electrons. The van der Waals surface area contributed by atoms with Crippen LogP contribution in [0.25, 0.3) is 0 Å². The molecule has 0 aromatic heterocycles. The lowest BCUT2D eigenvalue weighted by Gasteiger charge is -2.24. The third-order valence-corrected chi connectivity index (χ3v) is 4.38. The summed E-state index contributed by atoms with van der Waals surface area (Å²) in [6.45, 7) is 4.00. The molecule has 0 saturated carbocycles. The van der Waals surface area contributed by atoms with Gasteiger partial charge in [-0.15, -0.1) is 0 Å². The molecule has 0 unspecified atom stereocenters. The highest BCUT2D eigenvalue weighted by molar-refractivity contribution is 6.60. The van der Waals surface area contributed by atoms with E-state index in [0.29, 0.717) is 0 Å². The molecule has 0 heterocycles.